The third-order valence-corrected chi connectivity index (χ3v) is 4.01. The molecule has 0 fully saturated rings. The summed E-state index contributed by atoms with van der Waals surface area (Å²) in [6.45, 7) is 5.79. The van der Waals surface area contributed by atoms with Gasteiger partial charge in [0.05, 0.1) is 10.9 Å². The fourth-order valence-electron chi connectivity index (χ4n) is 2.49. The normalized spacial score (nSPS) is 10.6. The Kier molecular flexibility index (Phi) is 4.58. The van der Waals surface area contributed by atoms with Crippen molar-refractivity contribution in [2.75, 3.05) is 5.32 Å². The first-order valence-corrected chi connectivity index (χ1v) is 8.03. The molecule has 0 aliphatic carbocycles. The number of allylic oxidation sites excluding steroid dienone is 1. The molecule has 0 atom stereocenters. The summed E-state index contributed by atoms with van der Waals surface area (Å²) in [6, 6.07) is 10.2. The number of aryl methyl sites for hydroxylation is 1. The number of nitrogens with zero attached hydrogens (tertiary/aromatic N) is 2. The number of rotatable bonds is 4. The quantitative estimate of drug-likeness (QED) is 0.558. The van der Waals surface area contributed by atoms with Crippen LogP contribution in [0.3, 0.4) is 0 Å². The molecule has 0 aliphatic rings. The van der Waals surface area contributed by atoms with Crippen LogP contribution in [0.4, 0.5) is 5.82 Å². The van der Waals surface area contributed by atoms with Crippen LogP contribution < -0.4 is 10.9 Å². The monoisotopic (exact) mass is 352 g/mol. The molecule has 0 saturated carbocycles. The van der Waals surface area contributed by atoms with Crippen molar-refractivity contribution in [1.29, 1.82) is 0 Å². The number of aromatic nitrogens is 3. The topological polar surface area (TPSA) is 79.8 Å². The largest absolute Gasteiger partial charge is 0.332 e. The summed E-state index contributed by atoms with van der Waals surface area (Å²) in [4.78, 5) is 32.1. The molecule has 25 heavy (non-hydrogen) atoms. The molecule has 0 aliphatic heterocycles. The van der Waals surface area contributed by atoms with E-state index >= 15 is 0 Å². The van der Waals surface area contributed by atoms with E-state index in [1.807, 2.05) is 19.1 Å². The summed E-state index contributed by atoms with van der Waals surface area (Å²) >= 11 is 5.21. The average Bonchev–Trinajstić information content (AvgIpc) is 2.58. The molecule has 0 radical (unpaired) electrons. The maximum absolute atomic E-state index is 12.5. The molecule has 3 rings (SSSR count). The molecule has 6 nitrogen and oxygen atoms in total. The number of carbonyl (C=O) groups is 1. The lowest BCUT2D eigenvalue weighted by atomic mass is 10.1. The zero-order valence-electron chi connectivity index (χ0n) is 13.6. The Morgan fingerprint density at radius 2 is 2.20 bits per heavy atom. The van der Waals surface area contributed by atoms with Gasteiger partial charge in [0.25, 0.3) is 11.5 Å². The molecule has 2 N–H and O–H groups in total. The van der Waals surface area contributed by atoms with Gasteiger partial charge in [0, 0.05) is 17.8 Å². The molecule has 1 amide bonds. The molecule has 2 aromatic heterocycles. The van der Waals surface area contributed by atoms with E-state index in [2.05, 4.69) is 21.9 Å². The Morgan fingerprint density at radius 1 is 1.40 bits per heavy atom. The highest BCUT2D eigenvalue weighted by Crippen LogP contribution is 2.13. The van der Waals surface area contributed by atoms with E-state index in [0.29, 0.717) is 28.8 Å². The second-order valence-electron chi connectivity index (χ2n) is 5.51. The van der Waals surface area contributed by atoms with Crippen molar-refractivity contribution in [3.63, 3.8) is 0 Å². The molecule has 1 aromatic carbocycles. The highest BCUT2D eigenvalue weighted by Gasteiger charge is 2.11. The van der Waals surface area contributed by atoms with Crippen molar-refractivity contribution >= 4 is 34.8 Å². The van der Waals surface area contributed by atoms with Crippen LogP contribution in [0.5, 0.6) is 0 Å². The van der Waals surface area contributed by atoms with Crippen molar-refractivity contribution in [2.24, 2.45) is 0 Å². The first kappa shape index (κ1) is 16.8. The Hall–Kier alpha value is -3.06. The number of H-pyrrole nitrogens is 1. The van der Waals surface area contributed by atoms with Gasteiger partial charge in [0.1, 0.15) is 5.82 Å². The number of carbonyl (C=O) groups excluding carboxylic acids is 1. The maximum atomic E-state index is 12.5. The summed E-state index contributed by atoms with van der Waals surface area (Å²) in [7, 11) is 0. The highest BCUT2D eigenvalue weighted by molar-refractivity contribution is 7.71. The van der Waals surface area contributed by atoms with Gasteiger partial charge in [-0.3, -0.25) is 14.2 Å². The molecule has 2 heterocycles. The first-order valence-electron chi connectivity index (χ1n) is 7.62. The molecular weight excluding hydrogens is 336 g/mol. The van der Waals surface area contributed by atoms with Crippen LogP contribution >= 0.6 is 12.2 Å². The number of aromatic amines is 1. The fraction of sp³-hybridized carbons (Fsp3) is 0.111. The van der Waals surface area contributed by atoms with Crippen LogP contribution in [-0.4, -0.2) is 20.4 Å². The third-order valence-electron chi connectivity index (χ3n) is 3.69. The fourth-order valence-corrected chi connectivity index (χ4v) is 2.76. The van der Waals surface area contributed by atoms with E-state index in [-0.39, 0.29) is 16.2 Å². The standard InChI is InChI=1S/C18H16N4O2S/c1-3-9-22-17(24)13-8-7-12(10-14(13)20-18(22)25)16(23)21-15-6-4-5-11(2)19-15/h3-8,10H,1,9H2,2H3,(H,20,25)(H,19,21,23). The molecule has 3 aromatic rings. The summed E-state index contributed by atoms with van der Waals surface area (Å²) in [5.41, 5.74) is 1.51. The Bertz CT molecular complexity index is 1100. The molecule has 126 valence electrons. The van der Waals surface area contributed by atoms with Crippen molar-refractivity contribution < 1.29 is 4.79 Å². The van der Waals surface area contributed by atoms with Gasteiger partial charge in [-0.15, -0.1) is 6.58 Å². The predicted octanol–water partition coefficient (Wildman–Crippen LogP) is 3.20. The lowest BCUT2D eigenvalue weighted by Crippen LogP contribution is -2.22. The van der Waals surface area contributed by atoms with Gasteiger partial charge in [0.2, 0.25) is 0 Å². The minimum absolute atomic E-state index is 0.217. The summed E-state index contributed by atoms with van der Waals surface area (Å²) in [5.74, 6) is 0.161. The predicted molar refractivity (Wildman–Crippen MR) is 101 cm³/mol. The SMILES string of the molecule is C=CCn1c(=S)[nH]c2cc(C(=O)Nc3cccc(C)n3)ccc2c1=O. The van der Waals surface area contributed by atoms with Gasteiger partial charge < -0.3 is 10.3 Å². The number of anilines is 1. The molecule has 0 spiro atoms. The number of hydrogen-bond donors (Lipinski definition) is 2. The third kappa shape index (κ3) is 3.41. The number of benzene rings is 1. The van der Waals surface area contributed by atoms with Gasteiger partial charge in [-0.25, -0.2) is 4.98 Å². The molecular formula is C18H16N4O2S. The van der Waals surface area contributed by atoms with Gasteiger partial charge in [-0.1, -0.05) is 12.1 Å². The van der Waals surface area contributed by atoms with Crippen molar-refractivity contribution in [3.05, 3.63) is 75.4 Å². The zero-order chi connectivity index (χ0) is 18.0. The van der Waals surface area contributed by atoms with E-state index in [1.54, 1.807) is 30.3 Å². The minimum Gasteiger partial charge on any atom is -0.332 e. The Morgan fingerprint density at radius 3 is 2.92 bits per heavy atom. The summed E-state index contributed by atoms with van der Waals surface area (Å²) in [6.07, 6.45) is 1.60. The van der Waals surface area contributed by atoms with Crippen molar-refractivity contribution in [2.45, 2.75) is 13.5 Å². The lowest BCUT2D eigenvalue weighted by molar-refractivity contribution is 0.102. The maximum Gasteiger partial charge on any atom is 0.262 e. The van der Waals surface area contributed by atoms with Gasteiger partial charge >= 0.3 is 0 Å². The smallest absolute Gasteiger partial charge is 0.262 e. The van der Waals surface area contributed by atoms with Gasteiger partial charge in [0.15, 0.2) is 4.77 Å². The van der Waals surface area contributed by atoms with Crippen LogP contribution in [0.2, 0.25) is 0 Å². The van der Waals surface area contributed by atoms with Crippen LogP contribution in [0.1, 0.15) is 16.1 Å². The molecule has 7 heteroatoms. The van der Waals surface area contributed by atoms with E-state index in [4.69, 9.17) is 12.2 Å². The molecule has 0 unspecified atom stereocenters. The van der Waals surface area contributed by atoms with E-state index in [9.17, 15) is 9.59 Å². The molecule has 0 bridgehead atoms. The second-order valence-corrected chi connectivity index (χ2v) is 5.90. The first-order chi connectivity index (χ1) is 12.0. The van der Waals surface area contributed by atoms with Crippen molar-refractivity contribution in [1.82, 2.24) is 14.5 Å². The Labute approximate surface area is 148 Å². The van der Waals surface area contributed by atoms with E-state index < -0.39 is 0 Å². The highest BCUT2D eigenvalue weighted by atomic mass is 32.1. The second kappa shape index (κ2) is 6.82. The number of fused-ring (bicyclic) bond motifs is 1. The summed E-state index contributed by atoms with van der Waals surface area (Å²) in [5, 5.41) is 3.20. The van der Waals surface area contributed by atoms with E-state index in [1.165, 1.54) is 4.57 Å². The lowest BCUT2D eigenvalue weighted by Gasteiger charge is -2.08. The minimum atomic E-state index is -0.311. The van der Waals surface area contributed by atoms with Crippen LogP contribution in [0.25, 0.3) is 10.9 Å². The number of amides is 1. The average molecular weight is 352 g/mol. The summed E-state index contributed by atoms with van der Waals surface area (Å²) < 4.78 is 1.71. The molecule has 0 saturated heterocycles. The van der Waals surface area contributed by atoms with Crippen LogP contribution in [-0.2, 0) is 6.54 Å². The number of hydrogen-bond acceptors (Lipinski definition) is 4. The van der Waals surface area contributed by atoms with E-state index in [0.717, 1.165) is 5.69 Å². The van der Waals surface area contributed by atoms with Crippen molar-refractivity contribution in [3.8, 4) is 0 Å². The zero-order valence-corrected chi connectivity index (χ0v) is 14.4. The van der Waals surface area contributed by atoms with Crippen LogP contribution in [0, 0.1) is 11.7 Å². The Balaban J connectivity index is 2.00. The number of nitrogens with one attached hydrogen (secondary N) is 2. The van der Waals surface area contributed by atoms with Gasteiger partial charge in [-0.2, -0.15) is 0 Å². The van der Waals surface area contributed by atoms with Crippen LogP contribution in [0.15, 0.2) is 53.8 Å². The number of pyridine rings is 1. The van der Waals surface area contributed by atoms with Gasteiger partial charge in [-0.05, 0) is 49.5 Å².